The van der Waals surface area contributed by atoms with Gasteiger partial charge in [-0.15, -0.1) is 13.2 Å². The van der Waals surface area contributed by atoms with Crippen molar-refractivity contribution in [2.75, 3.05) is 6.61 Å². The van der Waals surface area contributed by atoms with Gasteiger partial charge in [0.2, 0.25) is 9.84 Å². The number of halogens is 3. The van der Waals surface area contributed by atoms with Crippen molar-refractivity contribution in [3.05, 3.63) is 59.2 Å². The molecule has 0 aromatic heterocycles. The first-order valence-corrected chi connectivity index (χ1v) is 12.7. The van der Waals surface area contributed by atoms with Gasteiger partial charge in [-0.3, -0.25) is 10.2 Å². The molecule has 0 bridgehead atoms. The molecular formula is C25H29F3N2O5S. The second-order valence-electron chi connectivity index (χ2n) is 8.65. The summed E-state index contributed by atoms with van der Waals surface area (Å²) >= 11 is 0. The van der Waals surface area contributed by atoms with Crippen LogP contribution in [0.15, 0.2) is 47.4 Å². The van der Waals surface area contributed by atoms with Crippen LogP contribution < -0.4 is 4.74 Å². The zero-order valence-electron chi connectivity index (χ0n) is 20.1. The number of hydrogen-bond donors (Lipinski definition) is 3. The summed E-state index contributed by atoms with van der Waals surface area (Å²) in [6, 6.07) is 9.11. The van der Waals surface area contributed by atoms with E-state index in [0.29, 0.717) is 11.1 Å². The van der Waals surface area contributed by atoms with Crippen LogP contribution in [-0.4, -0.2) is 43.0 Å². The first kappa shape index (κ1) is 29.2. The number of ether oxygens (including phenoxy) is 1. The van der Waals surface area contributed by atoms with Crippen molar-refractivity contribution < 1.29 is 36.2 Å². The second kappa shape index (κ2) is 11.8. The number of Topliss-reactive ketones (excluding diaryl/α,β-unsaturated/α-hetero) is 1. The molecule has 1 atom stereocenters. The van der Waals surface area contributed by atoms with E-state index in [1.54, 1.807) is 26.8 Å². The number of ketones is 1. The number of carbonyl (C=O) groups is 1. The molecule has 0 heterocycles. The van der Waals surface area contributed by atoms with E-state index in [2.05, 4.69) is 4.74 Å². The fourth-order valence-electron chi connectivity index (χ4n) is 3.66. The maximum atomic E-state index is 13.1. The lowest BCUT2D eigenvalue weighted by Crippen LogP contribution is -2.31. The lowest BCUT2D eigenvalue weighted by molar-refractivity contribution is -0.274. The van der Waals surface area contributed by atoms with Gasteiger partial charge in [0, 0.05) is 18.8 Å². The number of carbonyl (C=O) groups excluding carboxylic acids is 1. The molecule has 0 fully saturated rings. The van der Waals surface area contributed by atoms with Gasteiger partial charge in [-0.1, -0.05) is 45.0 Å². The van der Waals surface area contributed by atoms with Gasteiger partial charge in [0.15, 0.2) is 5.78 Å². The van der Waals surface area contributed by atoms with Gasteiger partial charge in [0.05, 0.1) is 17.2 Å². The number of rotatable bonds is 11. The number of nitrogens with one attached hydrogen (secondary N) is 2. The van der Waals surface area contributed by atoms with Gasteiger partial charge >= 0.3 is 6.36 Å². The Morgan fingerprint density at radius 2 is 1.69 bits per heavy atom. The molecule has 0 unspecified atom stereocenters. The number of alkyl halides is 3. The Bertz CT molecular complexity index is 1240. The van der Waals surface area contributed by atoms with E-state index in [1.165, 1.54) is 24.3 Å². The number of aliphatic hydroxyl groups is 1. The van der Waals surface area contributed by atoms with Crippen molar-refractivity contribution in [2.24, 2.45) is 11.8 Å². The highest BCUT2D eigenvalue weighted by molar-refractivity contribution is 8.06. The summed E-state index contributed by atoms with van der Waals surface area (Å²) in [7, 11) is -4.25. The van der Waals surface area contributed by atoms with E-state index in [-0.39, 0.29) is 41.5 Å². The zero-order chi connectivity index (χ0) is 27.3. The predicted octanol–water partition coefficient (Wildman–Crippen LogP) is 4.54. The van der Waals surface area contributed by atoms with Crippen LogP contribution in [0.25, 0.3) is 0 Å². The summed E-state index contributed by atoms with van der Waals surface area (Å²) < 4.78 is 67.5. The summed E-state index contributed by atoms with van der Waals surface area (Å²) in [6.45, 7) is 4.89. The molecule has 0 radical (unpaired) electrons. The Kier molecular flexibility index (Phi) is 9.56. The first-order valence-electron chi connectivity index (χ1n) is 11.2. The first-order chi connectivity index (χ1) is 16.7. The fourth-order valence-corrected chi connectivity index (χ4v) is 5.08. The number of aliphatic hydroxyl groups excluding tert-OH is 1. The van der Waals surface area contributed by atoms with E-state index in [1.807, 2.05) is 0 Å². The summed E-state index contributed by atoms with van der Waals surface area (Å²) in [4.78, 5) is 12.4. The zero-order valence-corrected chi connectivity index (χ0v) is 21.0. The molecule has 0 saturated carbocycles. The van der Waals surface area contributed by atoms with Crippen molar-refractivity contribution in [3.63, 3.8) is 0 Å². The van der Waals surface area contributed by atoms with Crippen LogP contribution in [0.5, 0.6) is 5.75 Å². The third-order valence-corrected chi connectivity index (χ3v) is 7.40. The Labute approximate surface area is 208 Å². The second-order valence-corrected chi connectivity index (χ2v) is 10.6. The van der Waals surface area contributed by atoms with E-state index < -0.39 is 45.1 Å². The molecule has 2 aromatic rings. The van der Waals surface area contributed by atoms with Gasteiger partial charge in [-0.2, -0.15) is 0 Å². The molecule has 7 nitrogen and oxygen atoms in total. The topological polar surface area (TPSA) is 128 Å². The molecule has 196 valence electrons. The molecule has 3 N–H and O–H groups in total. The molecule has 11 heteroatoms. The maximum absolute atomic E-state index is 13.1. The molecule has 0 spiro atoms. The van der Waals surface area contributed by atoms with Crippen LogP contribution in [0.1, 0.15) is 37.5 Å². The number of hydrogen-bond acceptors (Lipinski definition) is 7. The van der Waals surface area contributed by atoms with Crippen molar-refractivity contribution in [1.29, 1.82) is 10.8 Å². The van der Waals surface area contributed by atoms with Crippen LogP contribution >= 0.6 is 0 Å². The maximum Gasteiger partial charge on any atom is 0.573 e. The minimum Gasteiger partial charge on any atom is -0.406 e. The quantitative estimate of drug-likeness (QED) is 0.293. The SMILES string of the molecule is CCc1cc(CC(=N)C(=O)[C@@H](CO)C(C)C)ccc1S(=O)(=O)C(=N)Cc1cccc(OC(F)(F)F)c1. The Hall–Kier alpha value is -3.05. The van der Waals surface area contributed by atoms with E-state index in [0.717, 1.165) is 12.1 Å². The largest absolute Gasteiger partial charge is 0.573 e. The van der Waals surface area contributed by atoms with Crippen molar-refractivity contribution in [3.8, 4) is 5.75 Å². The third-order valence-electron chi connectivity index (χ3n) is 5.63. The van der Waals surface area contributed by atoms with Crippen LogP contribution in [0.2, 0.25) is 0 Å². The van der Waals surface area contributed by atoms with Crippen molar-refractivity contribution in [2.45, 2.75) is 51.3 Å². The van der Waals surface area contributed by atoms with Crippen LogP contribution in [0, 0.1) is 22.7 Å². The van der Waals surface area contributed by atoms with Crippen LogP contribution in [-0.2, 0) is 33.9 Å². The minimum absolute atomic E-state index is 0.0428. The molecule has 0 aliphatic carbocycles. The molecule has 0 aliphatic heterocycles. The molecule has 0 amide bonds. The van der Waals surface area contributed by atoms with Crippen LogP contribution in [0.3, 0.4) is 0 Å². The molecule has 2 aromatic carbocycles. The van der Waals surface area contributed by atoms with Gasteiger partial charge in [-0.25, -0.2) is 8.42 Å². The molecule has 2 rings (SSSR count). The van der Waals surface area contributed by atoms with Gasteiger partial charge in [-0.05, 0) is 47.2 Å². The lowest BCUT2D eigenvalue weighted by atomic mass is 9.88. The van der Waals surface area contributed by atoms with Gasteiger partial charge in [0.25, 0.3) is 0 Å². The van der Waals surface area contributed by atoms with E-state index >= 15 is 0 Å². The predicted molar refractivity (Wildman–Crippen MR) is 129 cm³/mol. The Morgan fingerprint density at radius 1 is 1.06 bits per heavy atom. The van der Waals surface area contributed by atoms with E-state index in [4.69, 9.17) is 10.8 Å². The van der Waals surface area contributed by atoms with E-state index in [9.17, 15) is 31.5 Å². The number of sulfone groups is 1. The highest BCUT2D eigenvalue weighted by atomic mass is 32.2. The highest BCUT2D eigenvalue weighted by Gasteiger charge is 2.31. The fraction of sp³-hybridized carbons (Fsp3) is 0.400. The standard InChI is InChI=1S/C25H29F3N2O5S/c1-4-18-10-17(12-21(29)24(32)20(14-31)15(2)3)8-9-22(18)36(33,34)23(30)13-16-6-5-7-19(11-16)35-25(26,27)28/h5-11,15,20,29-31H,4,12-14H2,1-3H3/t20-/m0/s1. The summed E-state index contributed by atoms with van der Waals surface area (Å²) in [5.74, 6) is -1.82. The highest BCUT2D eigenvalue weighted by Crippen LogP contribution is 2.26. The molecule has 0 saturated heterocycles. The van der Waals surface area contributed by atoms with Crippen LogP contribution in [0.4, 0.5) is 13.2 Å². The number of aryl methyl sites for hydroxylation is 1. The summed E-state index contributed by atoms with van der Waals surface area (Å²) in [5, 5.41) is 25.1. The molecule has 0 aliphatic rings. The van der Waals surface area contributed by atoms with Gasteiger partial charge < -0.3 is 15.3 Å². The smallest absolute Gasteiger partial charge is 0.406 e. The Morgan fingerprint density at radius 3 is 2.25 bits per heavy atom. The average Bonchev–Trinajstić information content (AvgIpc) is 2.78. The summed E-state index contributed by atoms with van der Waals surface area (Å²) in [5.41, 5.74) is 0.881. The Balaban J connectivity index is 2.25. The van der Waals surface area contributed by atoms with Crippen molar-refractivity contribution in [1.82, 2.24) is 0 Å². The average molecular weight is 527 g/mol. The molecule has 36 heavy (non-hydrogen) atoms. The molecular weight excluding hydrogens is 497 g/mol. The third kappa shape index (κ3) is 7.47. The summed E-state index contributed by atoms with van der Waals surface area (Å²) in [6.07, 6.45) is -5.08. The minimum atomic E-state index is -4.90. The normalized spacial score (nSPS) is 12.9. The van der Waals surface area contributed by atoms with Crippen molar-refractivity contribution >= 4 is 26.4 Å². The van der Waals surface area contributed by atoms with Gasteiger partial charge in [0.1, 0.15) is 10.8 Å². The monoisotopic (exact) mass is 526 g/mol. The number of benzene rings is 2. The lowest BCUT2D eigenvalue weighted by Gasteiger charge is -2.17.